The summed E-state index contributed by atoms with van der Waals surface area (Å²) >= 11 is 0. The first-order valence-corrected chi connectivity index (χ1v) is 10.9. The first-order valence-electron chi connectivity index (χ1n) is 9.50. The summed E-state index contributed by atoms with van der Waals surface area (Å²) in [7, 11) is -2.14. The van der Waals surface area contributed by atoms with Gasteiger partial charge in [-0.1, -0.05) is 12.1 Å². The lowest BCUT2D eigenvalue weighted by atomic mass is 9.99. The number of hydrogen-bond donors (Lipinski definition) is 1. The molecule has 0 spiro atoms. The third kappa shape index (κ3) is 3.29. The fraction of sp³-hybridized carbons (Fsp3) is 0.381. The Morgan fingerprint density at radius 1 is 1.18 bits per heavy atom. The van der Waals surface area contributed by atoms with Crippen LogP contribution in [0.5, 0.6) is 5.75 Å². The number of aryl methyl sites for hydroxylation is 2. The number of hydrogen-bond acceptors (Lipinski definition) is 4. The van der Waals surface area contributed by atoms with E-state index in [2.05, 4.69) is 9.97 Å². The normalized spacial score (nSPS) is 18.5. The van der Waals surface area contributed by atoms with Crippen molar-refractivity contribution >= 4 is 21.1 Å². The highest BCUT2D eigenvalue weighted by Crippen LogP contribution is 2.34. The van der Waals surface area contributed by atoms with Gasteiger partial charge in [-0.25, -0.2) is 13.4 Å². The number of imidazole rings is 1. The molecule has 1 aliphatic heterocycles. The van der Waals surface area contributed by atoms with E-state index >= 15 is 0 Å². The number of nitrogens with zero attached hydrogens (tertiary/aromatic N) is 2. The summed E-state index contributed by atoms with van der Waals surface area (Å²) in [6, 6.07) is 11.4. The van der Waals surface area contributed by atoms with E-state index in [-0.39, 0.29) is 10.8 Å². The van der Waals surface area contributed by atoms with Crippen molar-refractivity contribution in [1.29, 1.82) is 0 Å². The quantitative estimate of drug-likeness (QED) is 0.725. The number of nitrogens with one attached hydrogen (secondary N) is 1. The molecular formula is C21H25N3O3S. The molecule has 1 atom stereocenters. The molecule has 0 radical (unpaired) electrons. The second-order valence-corrected chi connectivity index (χ2v) is 9.34. The van der Waals surface area contributed by atoms with E-state index in [0.717, 1.165) is 40.8 Å². The van der Waals surface area contributed by atoms with Crippen molar-refractivity contribution in [3.63, 3.8) is 0 Å². The molecule has 2 heterocycles. The maximum atomic E-state index is 13.4. The number of benzene rings is 2. The SMILES string of the molecule is COc1cc(C)c(C)cc1S(=O)(=O)N1CCCC(c2nc3ccccc3[nH]2)C1. The van der Waals surface area contributed by atoms with E-state index in [1.807, 2.05) is 38.1 Å². The number of aromatic nitrogens is 2. The molecule has 1 saturated heterocycles. The van der Waals surface area contributed by atoms with Gasteiger partial charge in [-0.2, -0.15) is 4.31 Å². The second-order valence-electron chi connectivity index (χ2n) is 7.43. The standard InChI is InChI=1S/C21H25N3O3S/c1-14-11-19(27-3)20(12-15(14)2)28(25,26)24-10-6-7-16(13-24)21-22-17-8-4-5-9-18(17)23-21/h4-5,8-9,11-12,16H,6-7,10,13H2,1-3H3,(H,22,23). The van der Waals surface area contributed by atoms with Crippen molar-refractivity contribution in [1.82, 2.24) is 14.3 Å². The molecule has 0 amide bonds. The number of sulfonamides is 1. The van der Waals surface area contributed by atoms with Crippen molar-refractivity contribution < 1.29 is 13.2 Å². The van der Waals surface area contributed by atoms with Crippen LogP contribution in [0.15, 0.2) is 41.3 Å². The zero-order chi connectivity index (χ0) is 19.9. The van der Waals surface area contributed by atoms with Crippen LogP contribution in [0.1, 0.15) is 35.7 Å². The number of ether oxygens (including phenoxy) is 1. The number of fused-ring (bicyclic) bond motifs is 1. The molecule has 6 nitrogen and oxygen atoms in total. The topological polar surface area (TPSA) is 75.3 Å². The lowest BCUT2D eigenvalue weighted by molar-refractivity contribution is 0.308. The Labute approximate surface area is 165 Å². The fourth-order valence-corrected chi connectivity index (χ4v) is 5.56. The minimum Gasteiger partial charge on any atom is -0.495 e. The Kier molecular flexibility index (Phi) is 4.89. The van der Waals surface area contributed by atoms with Gasteiger partial charge in [0.15, 0.2) is 0 Å². The van der Waals surface area contributed by atoms with Gasteiger partial charge in [0.2, 0.25) is 10.0 Å². The van der Waals surface area contributed by atoms with Gasteiger partial charge in [0.05, 0.1) is 18.1 Å². The largest absolute Gasteiger partial charge is 0.495 e. The molecule has 148 valence electrons. The summed E-state index contributed by atoms with van der Waals surface area (Å²) in [4.78, 5) is 8.28. The van der Waals surface area contributed by atoms with Gasteiger partial charge in [-0.05, 0) is 62.1 Å². The molecule has 1 unspecified atom stereocenters. The highest BCUT2D eigenvalue weighted by Gasteiger charge is 2.34. The van der Waals surface area contributed by atoms with Crippen LogP contribution in [0.4, 0.5) is 0 Å². The molecule has 1 aromatic heterocycles. The molecule has 0 saturated carbocycles. The first kappa shape index (κ1) is 19.0. The van der Waals surface area contributed by atoms with Gasteiger partial charge in [-0.3, -0.25) is 0 Å². The van der Waals surface area contributed by atoms with Crippen LogP contribution in [-0.4, -0.2) is 42.9 Å². The Hall–Kier alpha value is -2.38. The van der Waals surface area contributed by atoms with Crippen molar-refractivity contribution in [2.45, 2.75) is 37.5 Å². The number of aromatic amines is 1. The van der Waals surface area contributed by atoms with Gasteiger partial charge in [0, 0.05) is 19.0 Å². The second kappa shape index (κ2) is 7.22. The molecule has 28 heavy (non-hydrogen) atoms. The van der Waals surface area contributed by atoms with Gasteiger partial charge >= 0.3 is 0 Å². The Balaban J connectivity index is 1.66. The Morgan fingerprint density at radius 3 is 2.68 bits per heavy atom. The van der Waals surface area contributed by atoms with Crippen molar-refractivity contribution in [2.75, 3.05) is 20.2 Å². The highest BCUT2D eigenvalue weighted by atomic mass is 32.2. The number of rotatable bonds is 4. The Bertz CT molecular complexity index is 1090. The van der Waals surface area contributed by atoms with Crippen LogP contribution in [0.25, 0.3) is 11.0 Å². The number of H-pyrrole nitrogens is 1. The van der Waals surface area contributed by atoms with Crippen LogP contribution in [0, 0.1) is 13.8 Å². The molecular weight excluding hydrogens is 374 g/mol. The summed E-state index contributed by atoms with van der Waals surface area (Å²) in [5.74, 6) is 1.30. The minimum absolute atomic E-state index is 0.0495. The van der Waals surface area contributed by atoms with Crippen molar-refractivity contribution in [3.8, 4) is 5.75 Å². The minimum atomic E-state index is -3.65. The van der Waals surface area contributed by atoms with E-state index in [1.54, 1.807) is 16.4 Å². The van der Waals surface area contributed by atoms with Gasteiger partial charge in [0.25, 0.3) is 0 Å². The predicted molar refractivity (Wildman–Crippen MR) is 109 cm³/mol. The smallest absolute Gasteiger partial charge is 0.246 e. The van der Waals surface area contributed by atoms with Crippen LogP contribution in [-0.2, 0) is 10.0 Å². The number of piperidine rings is 1. The summed E-state index contributed by atoms with van der Waals surface area (Å²) in [6.07, 6.45) is 1.71. The van der Waals surface area contributed by atoms with E-state index < -0.39 is 10.0 Å². The predicted octanol–water partition coefficient (Wildman–Crippen LogP) is 3.76. The average molecular weight is 400 g/mol. The average Bonchev–Trinajstić information content (AvgIpc) is 3.14. The van der Waals surface area contributed by atoms with Crippen molar-refractivity contribution in [3.05, 3.63) is 53.3 Å². The lowest BCUT2D eigenvalue weighted by Gasteiger charge is -2.31. The summed E-state index contributed by atoms with van der Waals surface area (Å²) in [6.45, 7) is 4.79. The maximum Gasteiger partial charge on any atom is 0.246 e. The van der Waals surface area contributed by atoms with Crippen molar-refractivity contribution in [2.24, 2.45) is 0 Å². The molecule has 0 aliphatic carbocycles. The van der Waals surface area contributed by atoms with E-state index in [0.29, 0.717) is 18.8 Å². The monoisotopic (exact) mass is 399 g/mol. The zero-order valence-electron chi connectivity index (χ0n) is 16.4. The van der Waals surface area contributed by atoms with Crippen LogP contribution in [0.2, 0.25) is 0 Å². The molecule has 1 aliphatic rings. The molecule has 2 aromatic carbocycles. The third-order valence-electron chi connectivity index (χ3n) is 5.58. The molecule has 1 N–H and O–H groups in total. The van der Waals surface area contributed by atoms with E-state index in [4.69, 9.17) is 4.74 Å². The third-order valence-corrected chi connectivity index (χ3v) is 7.46. The first-order chi connectivity index (χ1) is 13.4. The van der Waals surface area contributed by atoms with Crippen LogP contribution in [0.3, 0.4) is 0 Å². The van der Waals surface area contributed by atoms with E-state index in [9.17, 15) is 8.42 Å². The zero-order valence-corrected chi connectivity index (χ0v) is 17.2. The molecule has 0 bridgehead atoms. The van der Waals surface area contributed by atoms with E-state index in [1.165, 1.54) is 7.11 Å². The van der Waals surface area contributed by atoms with Crippen LogP contribution < -0.4 is 4.74 Å². The lowest BCUT2D eigenvalue weighted by Crippen LogP contribution is -2.39. The number of methoxy groups -OCH3 is 1. The van der Waals surface area contributed by atoms with Gasteiger partial charge in [-0.15, -0.1) is 0 Å². The highest BCUT2D eigenvalue weighted by molar-refractivity contribution is 7.89. The van der Waals surface area contributed by atoms with Gasteiger partial charge in [0.1, 0.15) is 16.5 Å². The molecule has 4 rings (SSSR count). The Morgan fingerprint density at radius 2 is 1.93 bits per heavy atom. The fourth-order valence-electron chi connectivity index (χ4n) is 3.81. The number of para-hydroxylation sites is 2. The maximum absolute atomic E-state index is 13.4. The summed E-state index contributed by atoms with van der Waals surface area (Å²) in [5, 5.41) is 0. The molecule has 3 aromatic rings. The summed E-state index contributed by atoms with van der Waals surface area (Å²) < 4.78 is 33.7. The molecule has 7 heteroatoms. The van der Waals surface area contributed by atoms with Crippen LogP contribution >= 0.6 is 0 Å². The summed E-state index contributed by atoms with van der Waals surface area (Å²) in [5.41, 5.74) is 3.83. The van der Waals surface area contributed by atoms with Gasteiger partial charge < -0.3 is 9.72 Å². The molecule has 1 fully saturated rings.